The molecular formula is C17H25N3O4S. The SMILES string of the molecule is COc1ccc(CC(C)(O)CNS(=O)(=O)c2c(C)nn(C)c2C)cc1. The summed E-state index contributed by atoms with van der Waals surface area (Å²) < 4.78 is 34.3. The second-order valence-corrected chi connectivity index (χ2v) is 8.17. The standard InChI is InChI=1S/C17H25N3O4S/c1-12-16(13(2)20(4)19-12)25(22,23)18-11-17(3,21)10-14-6-8-15(24-5)9-7-14/h6-9,18,21H,10-11H2,1-5H3. The highest BCUT2D eigenvalue weighted by atomic mass is 32.2. The van der Waals surface area contributed by atoms with Crippen LogP contribution in [0.3, 0.4) is 0 Å². The van der Waals surface area contributed by atoms with Crippen LogP contribution in [0.15, 0.2) is 29.2 Å². The Labute approximate surface area is 148 Å². The van der Waals surface area contributed by atoms with Crippen LogP contribution in [0.25, 0.3) is 0 Å². The zero-order valence-corrected chi connectivity index (χ0v) is 16.0. The van der Waals surface area contributed by atoms with Gasteiger partial charge in [-0.05, 0) is 38.5 Å². The van der Waals surface area contributed by atoms with Crippen molar-refractivity contribution in [1.82, 2.24) is 14.5 Å². The van der Waals surface area contributed by atoms with Gasteiger partial charge in [0.2, 0.25) is 10.0 Å². The van der Waals surface area contributed by atoms with Crippen LogP contribution < -0.4 is 9.46 Å². The van der Waals surface area contributed by atoms with E-state index >= 15 is 0 Å². The molecule has 1 heterocycles. The zero-order valence-electron chi connectivity index (χ0n) is 15.2. The number of aryl methyl sites for hydroxylation is 2. The third kappa shape index (κ3) is 4.59. The summed E-state index contributed by atoms with van der Waals surface area (Å²) in [7, 11) is -0.469. The molecule has 1 unspecified atom stereocenters. The van der Waals surface area contributed by atoms with Gasteiger partial charge >= 0.3 is 0 Å². The smallest absolute Gasteiger partial charge is 0.244 e. The minimum Gasteiger partial charge on any atom is -0.497 e. The number of aliphatic hydroxyl groups is 1. The highest BCUT2D eigenvalue weighted by molar-refractivity contribution is 7.89. The molecule has 1 aromatic carbocycles. The average Bonchev–Trinajstić information content (AvgIpc) is 2.79. The van der Waals surface area contributed by atoms with Gasteiger partial charge in [-0.3, -0.25) is 4.68 Å². The number of aromatic nitrogens is 2. The van der Waals surface area contributed by atoms with Gasteiger partial charge in [0.25, 0.3) is 0 Å². The first-order chi connectivity index (χ1) is 11.6. The van der Waals surface area contributed by atoms with E-state index in [0.29, 0.717) is 17.8 Å². The summed E-state index contributed by atoms with van der Waals surface area (Å²) in [5.41, 5.74) is 0.645. The van der Waals surface area contributed by atoms with Crippen molar-refractivity contribution in [3.8, 4) is 5.75 Å². The van der Waals surface area contributed by atoms with E-state index in [-0.39, 0.29) is 11.4 Å². The van der Waals surface area contributed by atoms with Gasteiger partial charge in [-0.1, -0.05) is 12.1 Å². The summed E-state index contributed by atoms with van der Waals surface area (Å²) in [6.45, 7) is 4.85. The second-order valence-electron chi connectivity index (χ2n) is 6.47. The third-order valence-electron chi connectivity index (χ3n) is 4.10. The van der Waals surface area contributed by atoms with Gasteiger partial charge in [0.05, 0.1) is 24.1 Å². The fourth-order valence-corrected chi connectivity index (χ4v) is 4.31. The summed E-state index contributed by atoms with van der Waals surface area (Å²) in [6, 6.07) is 7.30. The molecule has 8 heteroatoms. The number of methoxy groups -OCH3 is 1. The first kappa shape index (κ1) is 19.4. The number of ether oxygens (including phenoxy) is 1. The highest BCUT2D eigenvalue weighted by Gasteiger charge is 2.28. The van der Waals surface area contributed by atoms with Gasteiger partial charge in [0, 0.05) is 20.0 Å². The molecule has 0 saturated carbocycles. The number of rotatable bonds is 7. The van der Waals surface area contributed by atoms with Crippen molar-refractivity contribution in [3.05, 3.63) is 41.2 Å². The van der Waals surface area contributed by atoms with Gasteiger partial charge in [0.15, 0.2) is 0 Å². The van der Waals surface area contributed by atoms with Crippen LogP contribution in [-0.4, -0.2) is 42.6 Å². The molecule has 0 fully saturated rings. The lowest BCUT2D eigenvalue weighted by Crippen LogP contribution is -2.42. The Kier molecular flexibility index (Phi) is 5.55. The molecular weight excluding hydrogens is 342 g/mol. The monoisotopic (exact) mass is 367 g/mol. The first-order valence-electron chi connectivity index (χ1n) is 7.91. The fourth-order valence-electron chi connectivity index (χ4n) is 2.71. The molecule has 1 aromatic heterocycles. The maximum atomic E-state index is 12.6. The molecule has 7 nitrogen and oxygen atoms in total. The Morgan fingerprint density at radius 2 is 1.88 bits per heavy atom. The molecule has 0 bridgehead atoms. The Hall–Kier alpha value is -1.90. The van der Waals surface area contributed by atoms with Gasteiger partial charge < -0.3 is 9.84 Å². The molecule has 0 aliphatic heterocycles. The predicted molar refractivity (Wildman–Crippen MR) is 95.2 cm³/mol. The topological polar surface area (TPSA) is 93.4 Å². The van der Waals surface area contributed by atoms with Crippen molar-refractivity contribution in [2.75, 3.05) is 13.7 Å². The van der Waals surface area contributed by atoms with Crippen LogP contribution in [0.1, 0.15) is 23.9 Å². The summed E-state index contributed by atoms with van der Waals surface area (Å²) in [4.78, 5) is 0.162. The Morgan fingerprint density at radius 1 is 1.28 bits per heavy atom. The minimum atomic E-state index is -3.75. The van der Waals surface area contributed by atoms with Gasteiger partial charge in [-0.25, -0.2) is 13.1 Å². The molecule has 0 aliphatic rings. The number of benzene rings is 1. The Balaban J connectivity index is 2.09. The number of sulfonamides is 1. The van der Waals surface area contributed by atoms with E-state index in [0.717, 1.165) is 11.3 Å². The van der Waals surface area contributed by atoms with Crippen LogP contribution in [0.2, 0.25) is 0 Å². The maximum Gasteiger partial charge on any atom is 0.244 e. The number of nitrogens with one attached hydrogen (secondary N) is 1. The predicted octanol–water partition coefficient (Wildman–Crippen LogP) is 1.32. The van der Waals surface area contributed by atoms with E-state index in [1.54, 1.807) is 47.1 Å². The van der Waals surface area contributed by atoms with Crippen molar-refractivity contribution in [2.24, 2.45) is 7.05 Å². The number of nitrogens with zero attached hydrogens (tertiary/aromatic N) is 2. The second kappa shape index (κ2) is 7.15. The summed E-state index contributed by atoms with van der Waals surface area (Å²) in [5, 5.41) is 14.7. The summed E-state index contributed by atoms with van der Waals surface area (Å²) >= 11 is 0. The van der Waals surface area contributed by atoms with Crippen LogP contribution in [-0.2, 0) is 23.5 Å². The lowest BCUT2D eigenvalue weighted by molar-refractivity contribution is 0.0657. The number of hydrogen-bond acceptors (Lipinski definition) is 5. The van der Waals surface area contributed by atoms with Crippen molar-refractivity contribution < 1.29 is 18.3 Å². The van der Waals surface area contributed by atoms with Crippen molar-refractivity contribution in [2.45, 2.75) is 37.7 Å². The Morgan fingerprint density at radius 3 is 2.36 bits per heavy atom. The molecule has 25 heavy (non-hydrogen) atoms. The lowest BCUT2D eigenvalue weighted by Gasteiger charge is -2.24. The number of hydrogen-bond donors (Lipinski definition) is 2. The summed E-state index contributed by atoms with van der Waals surface area (Å²) in [5.74, 6) is 0.728. The molecule has 0 spiro atoms. The molecule has 0 saturated heterocycles. The van der Waals surface area contributed by atoms with Gasteiger partial charge in [-0.2, -0.15) is 5.10 Å². The molecule has 2 N–H and O–H groups in total. The average molecular weight is 367 g/mol. The molecule has 138 valence electrons. The van der Waals surface area contributed by atoms with Crippen LogP contribution in [0.5, 0.6) is 5.75 Å². The molecule has 1 atom stereocenters. The molecule has 0 amide bonds. The van der Waals surface area contributed by atoms with E-state index in [2.05, 4.69) is 9.82 Å². The van der Waals surface area contributed by atoms with Crippen LogP contribution >= 0.6 is 0 Å². The van der Waals surface area contributed by atoms with Crippen LogP contribution in [0.4, 0.5) is 0 Å². The normalized spacial score (nSPS) is 14.3. The molecule has 0 radical (unpaired) electrons. The van der Waals surface area contributed by atoms with Gasteiger partial charge in [0.1, 0.15) is 10.6 Å². The summed E-state index contributed by atoms with van der Waals surface area (Å²) in [6.07, 6.45) is 0.310. The molecule has 2 rings (SSSR count). The van der Waals surface area contributed by atoms with E-state index in [1.807, 2.05) is 12.1 Å². The largest absolute Gasteiger partial charge is 0.497 e. The Bertz CT molecular complexity index is 840. The first-order valence-corrected chi connectivity index (χ1v) is 9.39. The molecule has 0 aliphatic carbocycles. The van der Waals surface area contributed by atoms with Gasteiger partial charge in [-0.15, -0.1) is 0 Å². The van der Waals surface area contributed by atoms with E-state index in [1.165, 1.54) is 4.68 Å². The lowest BCUT2D eigenvalue weighted by atomic mass is 9.97. The quantitative estimate of drug-likeness (QED) is 0.770. The fraction of sp³-hybridized carbons (Fsp3) is 0.471. The highest BCUT2D eigenvalue weighted by Crippen LogP contribution is 2.20. The van der Waals surface area contributed by atoms with E-state index < -0.39 is 15.6 Å². The molecule has 2 aromatic rings. The van der Waals surface area contributed by atoms with Crippen molar-refractivity contribution in [3.63, 3.8) is 0 Å². The third-order valence-corrected chi connectivity index (χ3v) is 5.75. The van der Waals surface area contributed by atoms with Crippen LogP contribution in [0, 0.1) is 13.8 Å². The maximum absolute atomic E-state index is 12.6. The van der Waals surface area contributed by atoms with Crippen molar-refractivity contribution in [1.29, 1.82) is 0 Å². The zero-order chi connectivity index (χ0) is 18.8. The van der Waals surface area contributed by atoms with E-state index in [9.17, 15) is 13.5 Å². The minimum absolute atomic E-state index is 0.102. The van der Waals surface area contributed by atoms with Crippen molar-refractivity contribution >= 4 is 10.0 Å². The van der Waals surface area contributed by atoms with E-state index in [4.69, 9.17) is 4.74 Å².